The van der Waals surface area contributed by atoms with Gasteiger partial charge in [0.05, 0.1) is 16.8 Å². The molecule has 108 valence electrons. The maximum absolute atomic E-state index is 12.2. The Morgan fingerprint density at radius 3 is 2.75 bits per heavy atom. The number of hydrogen-bond acceptors (Lipinski definition) is 4. The molecule has 1 aliphatic carbocycles. The van der Waals surface area contributed by atoms with Crippen molar-refractivity contribution in [2.75, 3.05) is 12.4 Å². The lowest BCUT2D eigenvalue weighted by Gasteiger charge is -2.23. The summed E-state index contributed by atoms with van der Waals surface area (Å²) < 4.78 is 30.2. The Bertz CT molecular complexity index is 624. The monoisotopic (exact) mass is 293 g/mol. The quantitative estimate of drug-likeness (QED) is 0.921. The summed E-state index contributed by atoms with van der Waals surface area (Å²) in [7, 11) is -3.12. The van der Waals surface area contributed by atoms with Crippen LogP contribution in [0.2, 0.25) is 0 Å². The molecule has 0 amide bonds. The largest absolute Gasteiger partial charge is 0.376 e. The second-order valence-electron chi connectivity index (χ2n) is 6.11. The molecular weight excluding hydrogens is 274 g/mol. The first kappa shape index (κ1) is 12.8. The van der Waals surface area contributed by atoms with Gasteiger partial charge in [-0.05, 0) is 36.8 Å². The van der Waals surface area contributed by atoms with Crippen LogP contribution in [-0.4, -0.2) is 32.9 Å². The van der Waals surface area contributed by atoms with Gasteiger partial charge < -0.3 is 10.1 Å². The van der Waals surface area contributed by atoms with E-state index in [4.69, 9.17) is 4.74 Å². The average molecular weight is 293 g/mol. The highest BCUT2D eigenvalue weighted by atomic mass is 32.2. The van der Waals surface area contributed by atoms with Crippen molar-refractivity contribution < 1.29 is 13.2 Å². The zero-order valence-electron chi connectivity index (χ0n) is 11.3. The molecule has 2 heterocycles. The first-order valence-electron chi connectivity index (χ1n) is 7.34. The number of ether oxygens (including phenoxy) is 1. The fourth-order valence-corrected chi connectivity index (χ4v) is 5.28. The van der Waals surface area contributed by atoms with Crippen LogP contribution in [0.5, 0.6) is 0 Å². The molecule has 1 N–H and O–H groups in total. The minimum Gasteiger partial charge on any atom is -0.376 e. The summed E-state index contributed by atoms with van der Waals surface area (Å²) in [6.07, 6.45) is 3.77. The number of hydrogen-bond donors (Lipinski definition) is 1. The molecule has 4 nitrogen and oxygen atoms in total. The third-order valence-corrected chi connectivity index (χ3v) is 6.47. The molecule has 0 aromatic heterocycles. The Labute approximate surface area is 119 Å². The Hall–Kier alpha value is -0.910. The van der Waals surface area contributed by atoms with Gasteiger partial charge in [-0.1, -0.05) is 18.2 Å². The van der Waals surface area contributed by atoms with Crippen LogP contribution in [0.1, 0.15) is 30.9 Å². The van der Waals surface area contributed by atoms with E-state index in [1.165, 1.54) is 12.8 Å². The molecule has 3 atom stereocenters. The molecule has 0 radical (unpaired) electrons. The van der Waals surface area contributed by atoms with Crippen molar-refractivity contribution in [2.45, 2.75) is 42.3 Å². The van der Waals surface area contributed by atoms with E-state index in [1.54, 1.807) is 12.1 Å². The summed E-state index contributed by atoms with van der Waals surface area (Å²) in [5, 5.41) is 3.56. The van der Waals surface area contributed by atoms with E-state index < -0.39 is 9.84 Å². The van der Waals surface area contributed by atoms with Gasteiger partial charge in [-0.25, -0.2) is 8.42 Å². The number of fused-ring (bicyclic) bond motifs is 1. The molecule has 4 rings (SSSR count). The normalized spacial score (nSPS) is 35.1. The molecule has 0 bridgehead atoms. The minimum absolute atomic E-state index is 0.0795. The molecule has 1 aromatic carbocycles. The number of nitrogens with one attached hydrogen (secondary N) is 1. The minimum atomic E-state index is -3.12. The predicted octanol–water partition coefficient (Wildman–Crippen LogP) is 1.67. The average Bonchev–Trinajstić information content (AvgIpc) is 3.12. The van der Waals surface area contributed by atoms with Crippen LogP contribution >= 0.6 is 0 Å². The zero-order chi connectivity index (χ0) is 13.7. The predicted molar refractivity (Wildman–Crippen MR) is 75.2 cm³/mol. The van der Waals surface area contributed by atoms with Crippen molar-refractivity contribution in [1.29, 1.82) is 0 Å². The molecule has 2 fully saturated rings. The van der Waals surface area contributed by atoms with Crippen molar-refractivity contribution in [1.82, 2.24) is 5.32 Å². The van der Waals surface area contributed by atoms with Gasteiger partial charge in [-0.2, -0.15) is 0 Å². The van der Waals surface area contributed by atoms with Crippen molar-refractivity contribution in [3.63, 3.8) is 0 Å². The molecule has 0 spiro atoms. The van der Waals surface area contributed by atoms with Gasteiger partial charge in [0.2, 0.25) is 0 Å². The van der Waals surface area contributed by atoms with E-state index in [0.29, 0.717) is 16.9 Å². The lowest BCUT2D eigenvalue weighted by molar-refractivity contribution is 0.0794. The van der Waals surface area contributed by atoms with Gasteiger partial charge in [-0.15, -0.1) is 0 Å². The van der Waals surface area contributed by atoms with Gasteiger partial charge in [-0.3, -0.25) is 0 Å². The molecule has 3 aliphatic rings. The van der Waals surface area contributed by atoms with E-state index in [1.807, 2.05) is 12.1 Å². The molecule has 3 unspecified atom stereocenters. The second kappa shape index (κ2) is 4.55. The van der Waals surface area contributed by atoms with Gasteiger partial charge in [0.1, 0.15) is 0 Å². The molecule has 5 heteroatoms. The Morgan fingerprint density at radius 1 is 1.15 bits per heavy atom. The number of sulfone groups is 1. The van der Waals surface area contributed by atoms with Crippen LogP contribution < -0.4 is 5.32 Å². The van der Waals surface area contributed by atoms with Crippen molar-refractivity contribution >= 4 is 9.84 Å². The van der Waals surface area contributed by atoms with E-state index in [2.05, 4.69) is 5.32 Å². The highest BCUT2D eigenvalue weighted by molar-refractivity contribution is 7.91. The summed E-state index contributed by atoms with van der Waals surface area (Å²) >= 11 is 0. The number of rotatable bonds is 3. The number of benzene rings is 1. The Balaban J connectivity index is 1.58. The molecule has 20 heavy (non-hydrogen) atoms. The van der Waals surface area contributed by atoms with Crippen LogP contribution in [0.4, 0.5) is 0 Å². The van der Waals surface area contributed by atoms with Gasteiger partial charge in [0, 0.05) is 18.7 Å². The summed E-state index contributed by atoms with van der Waals surface area (Å²) in [5.41, 5.74) is 0.925. The van der Waals surface area contributed by atoms with Crippen molar-refractivity contribution in [3.05, 3.63) is 29.8 Å². The second-order valence-corrected chi connectivity index (χ2v) is 8.11. The summed E-state index contributed by atoms with van der Waals surface area (Å²) in [6.45, 7) is 0.792. The van der Waals surface area contributed by atoms with Crippen LogP contribution in [-0.2, 0) is 14.6 Å². The zero-order valence-corrected chi connectivity index (χ0v) is 12.1. The highest BCUT2D eigenvalue weighted by Gasteiger charge is 2.43. The van der Waals surface area contributed by atoms with E-state index >= 15 is 0 Å². The van der Waals surface area contributed by atoms with Crippen LogP contribution in [0, 0.1) is 5.92 Å². The third-order valence-electron chi connectivity index (χ3n) is 4.65. The smallest absolute Gasteiger partial charge is 0.180 e. The van der Waals surface area contributed by atoms with E-state index in [9.17, 15) is 8.42 Å². The summed E-state index contributed by atoms with van der Waals surface area (Å²) in [5.74, 6) is 0.864. The SMILES string of the molecule is O=S1(=O)CC(NC2CCOC2C2CC2)c2ccccc21. The Kier molecular flexibility index (Phi) is 2.91. The van der Waals surface area contributed by atoms with Gasteiger partial charge in [0.25, 0.3) is 0 Å². The van der Waals surface area contributed by atoms with Crippen molar-refractivity contribution in [2.24, 2.45) is 5.92 Å². The maximum Gasteiger partial charge on any atom is 0.180 e. The Morgan fingerprint density at radius 2 is 1.95 bits per heavy atom. The van der Waals surface area contributed by atoms with Crippen molar-refractivity contribution in [3.8, 4) is 0 Å². The molecular formula is C15H19NO3S. The molecule has 2 aliphatic heterocycles. The van der Waals surface area contributed by atoms with Gasteiger partial charge in [0.15, 0.2) is 9.84 Å². The maximum atomic E-state index is 12.2. The van der Waals surface area contributed by atoms with Crippen LogP contribution in [0.25, 0.3) is 0 Å². The fraction of sp³-hybridized carbons (Fsp3) is 0.600. The third kappa shape index (κ3) is 2.08. The first-order valence-corrected chi connectivity index (χ1v) is 9.00. The molecule has 1 saturated heterocycles. The topological polar surface area (TPSA) is 55.4 Å². The highest BCUT2D eigenvalue weighted by Crippen LogP contribution is 2.40. The molecule has 1 aromatic rings. The van der Waals surface area contributed by atoms with Gasteiger partial charge >= 0.3 is 0 Å². The lowest BCUT2D eigenvalue weighted by Crippen LogP contribution is -2.40. The van der Waals surface area contributed by atoms with E-state index in [-0.39, 0.29) is 17.9 Å². The molecule has 1 saturated carbocycles. The summed E-state index contributed by atoms with van der Waals surface area (Å²) in [6, 6.07) is 7.58. The summed E-state index contributed by atoms with van der Waals surface area (Å²) in [4.78, 5) is 0.499. The standard InChI is InChI=1S/C15H19NO3S/c17-20(18)9-13(11-3-1-2-4-14(11)20)16-12-7-8-19-15(12)10-5-6-10/h1-4,10,12-13,15-16H,5-9H2. The fourth-order valence-electron chi connectivity index (χ4n) is 3.53. The lowest BCUT2D eigenvalue weighted by atomic mass is 10.0. The van der Waals surface area contributed by atoms with Crippen LogP contribution in [0.15, 0.2) is 29.2 Å². The van der Waals surface area contributed by atoms with Crippen LogP contribution in [0.3, 0.4) is 0 Å². The van der Waals surface area contributed by atoms with E-state index in [0.717, 1.165) is 18.6 Å². The first-order chi connectivity index (χ1) is 9.65.